The van der Waals surface area contributed by atoms with Crippen LogP contribution >= 0.6 is 0 Å². The molecule has 0 N–H and O–H groups in total. The second-order valence-corrected chi connectivity index (χ2v) is 6.99. The van der Waals surface area contributed by atoms with Gasteiger partial charge in [-0.1, -0.05) is 49.4 Å². The van der Waals surface area contributed by atoms with E-state index in [4.69, 9.17) is 4.74 Å². The standard InChI is InChI=1S/C22H30N2O/c1-3-20-9-11-22(12-10-20)25-19(2)17-23-13-15-24(16-14-23)18-21-7-5-4-6-8-21/h4-12,19H,3,13-18H2,1-2H3. The number of piperazine rings is 1. The van der Waals surface area contributed by atoms with Gasteiger partial charge in [-0.15, -0.1) is 0 Å². The minimum atomic E-state index is 0.216. The average molecular weight is 338 g/mol. The van der Waals surface area contributed by atoms with Gasteiger partial charge in [0.2, 0.25) is 0 Å². The molecule has 3 rings (SSSR count). The Hall–Kier alpha value is -1.84. The van der Waals surface area contributed by atoms with E-state index in [0.29, 0.717) is 0 Å². The van der Waals surface area contributed by atoms with E-state index in [1.807, 2.05) is 0 Å². The van der Waals surface area contributed by atoms with E-state index in [-0.39, 0.29) is 6.10 Å². The van der Waals surface area contributed by atoms with E-state index < -0.39 is 0 Å². The second-order valence-electron chi connectivity index (χ2n) is 6.99. The number of ether oxygens (including phenoxy) is 1. The van der Waals surface area contributed by atoms with Crippen LogP contribution in [0.5, 0.6) is 5.75 Å². The summed E-state index contributed by atoms with van der Waals surface area (Å²) in [4.78, 5) is 5.06. The Bertz CT molecular complexity index is 618. The van der Waals surface area contributed by atoms with Crippen LogP contribution in [0.2, 0.25) is 0 Å². The monoisotopic (exact) mass is 338 g/mol. The summed E-state index contributed by atoms with van der Waals surface area (Å²) in [5.41, 5.74) is 2.76. The third kappa shape index (κ3) is 5.58. The van der Waals surface area contributed by atoms with Crippen LogP contribution in [0.4, 0.5) is 0 Å². The average Bonchev–Trinajstić information content (AvgIpc) is 2.65. The summed E-state index contributed by atoms with van der Waals surface area (Å²) in [5, 5.41) is 0. The molecule has 1 fully saturated rings. The molecule has 0 saturated carbocycles. The Morgan fingerprint density at radius 1 is 0.840 bits per heavy atom. The summed E-state index contributed by atoms with van der Waals surface area (Å²) in [6.45, 7) is 10.9. The molecule has 1 unspecified atom stereocenters. The van der Waals surface area contributed by atoms with Crippen molar-refractivity contribution in [2.75, 3.05) is 32.7 Å². The molecular formula is C22H30N2O. The van der Waals surface area contributed by atoms with Gasteiger partial charge in [0, 0.05) is 39.3 Å². The molecule has 0 spiro atoms. The molecule has 2 aromatic carbocycles. The van der Waals surface area contributed by atoms with E-state index >= 15 is 0 Å². The molecular weight excluding hydrogens is 308 g/mol. The van der Waals surface area contributed by atoms with Gasteiger partial charge in [-0.25, -0.2) is 0 Å². The summed E-state index contributed by atoms with van der Waals surface area (Å²) in [5.74, 6) is 0.979. The maximum Gasteiger partial charge on any atom is 0.119 e. The fourth-order valence-electron chi connectivity index (χ4n) is 3.41. The summed E-state index contributed by atoms with van der Waals surface area (Å²) in [6.07, 6.45) is 1.29. The maximum absolute atomic E-state index is 6.08. The first-order valence-electron chi connectivity index (χ1n) is 9.47. The fraction of sp³-hybridized carbons (Fsp3) is 0.455. The lowest BCUT2D eigenvalue weighted by atomic mass is 10.2. The normalized spacial score (nSPS) is 17.4. The first-order valence-corrected chi connectivity index (χ1v) is 9.47. The largest absolute Gasteiger partial charge is 0.489 e. The van der Waals surface area contributed by atoms with Gasteiger partial charge in [0.05, 0.1) is 0 Å². The molecule has 0 amide bonds. The molecule has 25 heavy (non-hydrogen) atoms. The van der Waals surface area contributed by atoms with Crippen molar-refractivity contribution in [3.8, 4) is 5.75 Å². The second kappa shape index (κ2) is 9.02. The third-order valence-electron chi connectivity index (χ3n) is 4.90. The van der Waals surface area contributed by atoms with E-state index in [9.17, 15) is 0 Å². The number of aryl methyl sites for hydroxylation is 1. The predicted octanol–water partition coefficient (Wildman–Crippen LogP) is 3.83. The van der Waals surface area contributed by atoms with Crippen molar-refractivity contribution < 1.29 is 4.74 Å². The summed E-state index contributed by atoms with van der Waals surface area (Å²) in [7, 11) is 0. The third-order valence-corrected chi connectivity index (χ3v) is 4.90. The molecule has 1 heterocycles. The highest BCUT2D eigenvalue weighted by Gasteiger charge is 2.19. The molecule has 3 nitrogen and oxygen atoms in total. The lowest BCUT2D eigenvalue weighted by Gasteiger charge is -2.35. The van der Waals surface area contributed by atoms with Gasteiger partial charge in [-0.3, -0.25) is 9.80 Å². The molecule has 0 aromatic heterocycles. The van der Waals surface area contributed by atoms with E-state index in [0.717, 1.165) is 51.4 Å². The fourth-order valence-corrected chi connectivity index (χ4v) is 3.41. The van der Waals surface area contributed by atoms with E-state index in [1.165, 1.54) is 11.1 Å². The number of benzene rings is 2. The lowest BCUT2D eigenvalue weighted by Crippen LogP contribution is -2.48. The van der Waals surface area contributed by atoms with Gasteiger partial charge in [0.15, 0.2) is 0 Å². The van der Waals surface area contributed by atoms with Crippen molar-refractivity contribution in [3.63, 3.8) is 0 Å². The quantitative estimate of drug-likeness (QED) is 0.763. The van der Waals surface area contributed by atoms with E-state index in [2.05, 4.69) is 78.2 Å². The van der Waals surface area contributed by atoms with Crippen LogP contribution in [0.15, 0.2) is 54.6 Å². The Morgan fingerprint density at radius 3 is 2.12 bits per heavy atom. The lowest BCUT2D eigenvalue weighted by molar-refractivity contribution is 0.0874. The zero-order valence-electron chi connectivity index (χ0n) is 15.5. The van der Waals surface area contributed by atoms with Crippen molar-refractivity contribution in [3.05, 3.63) is 65.7 Å². The number of hydrogen-bond donors (Lipinski definition) is 0. The van der Waals surface area contributed by atoms with Gasteiger partial charge in [0.25, 0.3) is 0 Å². The molecule has 0 bridgehead atoms. The summed E-state index contributed by atoms with van der Waals surface area (Å²) >= 11 is 0. The predicted molar refractivity (Wildman–Crippen MR) is 104 cm³/mol. The molecule has 1 saturated heterocycles. The molecule has 134 valence electrons. The van der Waals surface area contributed by atoms with Crippen LogP contribution in [-0.2, 0) is 13.0 Å². The zero-order chi connectivity index (χ0) is 17.5. The van der Waals surface area contributed by atoms with Crippen LogP contribution < -0.4 is 4.74 Å². The Labute approximate surface area is 152 Å². The molecule has 0 radical (unpaired) electrons. The van der Waals surface area contributed by atoms with Crippen LogP contribution in [-0.4, -0.2) is 48.6 Å². The van der Waals surface area contributed by atoms with Gasteiger partial charge >= 0.3 is 0 Å². The molecule has 2 aromatic rings. The van der Waals surface area contributed by atoms with Crippen molar-refractivity contribution in [1.29, 1.82) is 0 Å². The smallest absolute Gasteiger partial charge is 0.119 e. The number of nitrogens with zero attached hydrogens (tertiary/aromatic N) is 2. The Kier molecular flexibility index (Phi) is 6.48. The molecule has 1 atom stereocenters. The van der Waals surface area contributed by atoms with Crippen LogP contribution in [0.3, 0.4) is 0 Å². The van der Waals surface area contributed by atoms with Crippen LogP contribution in [0.1, 0.15) is 25.0 Å². The molecule has 1 aliphatic heterocycles. The minimum Gasteiger partial charge on any atom is -0.489 e. The highest BCUT2D eigenvalue weighted by molar-refractivity contribution is 5.27. The van der Waals surface area contributed by atoms with Gasteiger partial charge in [-0.2, -0.15) is 0 Å². The Morgan fingerprint density at radius 2 is 1.48 bits per heavy atom. The first-order chi connectivity index (χ1) is 12.2. The minimum absolute atomic E-state index is 0.216. The van der Waals surface area contributed by atoms with Crippen molar-refractivity contribution >= 4 is 0 Å². The highest BCUT2D eigenvalue weighted by atomic mass is 16.5. The molecule has 0 aliphatic carbocycles. The zero-order valence-corrected chi connectivity index (χ0v) is 15.5. The van der Waals surface area contributed by atoms with E-state index in [1.54, 1.807) is 0 Å². The maximum atomic E-state index is 6.08. The molecule has 1 aliphatic rings. The van der Waals surface area contributed by atoms with Gasteiger partial charge in [-0.05, 0) is 36.6 Å². The van der Waals surface area contributed by atoms with Crippen molar-refractivity contribution in [1.82, 2.24) is 9.80 Å². The summed E-state index contributed by atoms with van der Waals surface area (Å²) in [6, 6.07) is 19.3. The van der Waals surface area contributed by atoms with Crippen LogP contribution in [0, 0.1) is 0 Å². The number of rotatable bonds is 7. The summed E-state index contributed by atoms with van der Waals surface area (Å²) < 4.78 is 6.08. The highest BCUT2D eigenvalue weighted by Crippen LogP contribution is 2.15. The first kappa shape index (κ1) is 18.0. The molecule has 3 heteroatoms. The Balaban J connectivity index is 1.40. The van der Waals surface area contributed by atoms with Crippen LogP contribution in [0.25, 0.3) is 0 Å². The van der Waals surface area contributed by atoms with Gasteiger partial charge in [0.1, 0.15) is 11.9 Å². The topological polar surface area (TPSA) is 15.7 Å². The van der Waals surface area contributed by atoms with Crippen molar-refractivity contribution in [2.24, 2.45) is 0 Å². The van der Waals surface area contributed by atoms with Gasteiger partial charge < -0.3 is 4.74 Å². The number of hydrogen-bond acceptors (Lipinski definition) is 3. The van der Waals surface area contributed by atoms with Crippen molar-refractivity contribution in [2.45, 2.75) is 32.9 Å². The SMILES string of the molecule is CCc1ccc(OC(C)CN2CCN(Cc3ccccc3)CC2)cc1.